The van der Waals surface area contributed by atoms with Gasteiger partial charge in [0.1, 0.15) is 5.60 Å². The molecule has 0 amide bonds. The van der Waals surface area contributed by atoms with Gasteiger partial charge < -0.3 is 4.74 Å². The van der Waals surface area contributed by atoms with E-state index in [1.807, 2.05) is 26.8 Å². The lowest BCUT2D eigenvalue weighted by atomic mass is 10.0. The number of esters is 1. The largest absolute Gasteiger partial charge is 0.455 e. The van der Waals surface area contributed by atoms with E-state index in [4.69, 9.17) is 4.74 Å². The summed E-state index contributed by atoms with van der Waals surface area (Å²) in [5, 5.41) is 0. The van der Waals surface area contributed by atoms with Gasteiger partial charge in [0.15, 0.2) is 0 Å². The average Bonchev–Trinajstić information content (AvgIpc) is 2.65. The molecule has 0 aliphatic heterocycles. The Kier molecular flexibility index (Phi) is 18.6. The van der Waals surface area contributed by atoms with E-state index in [9.17, 15) is 4.79 Å². The molecule has 0 rings (SSSR count). The van der Waals surface area contributed by atoms with Crippen molar-refractivity contribution in [1.82, 2.24) is 0 Å². The van der Waals surface area contributed by atoms with Crippen LogP contribution in [0.5, 0.6) is 0 Å². The lowest BCUT2D eigenvalue weighted by Gasteiger charge is -2.21. The lowest BCUT2D eigenvalue weighted by Crippen LogP contribution is -2.25. The molecule has 164 valence electrons. The van der Waals surface area contributed by atoms with E-state index >= 15 is 0 Å². The number of carbonyl (C=O) groups is 1. The van der Waals surface area contributed by atoms with Crippen LogP contribution in [0.2, 0.25) is 0 Å². The summed E-state index contributed by atoms with van der Waals surface area (Å²) in [5.74, 6) is -0.0637. The summed E-state index contributed by atoms with van der Waals surface area (Å²) >= 11 is 0. The highest BCUT2D eigenvalue weighted by Gasteiger charge is 2.18. The summed E-state index contributed by atoms with van der Waals surface area (Å²) in [6.45, 7) is 8.23. The van der Waals surface area contributed by atoms with Crippen molar-refractivity contribution in [3.8, 4) is 0 Å². The van der Waals surface area contributed by atoms with Crippen LogP contribution in [0.25, 0.3) is 0 Å². The average molecular weight is 393 g/mol. The van der Waals surface area contributed by atoms with Gasteiger partial charge in [0.25, 0.3) is 0 Å². The van der Waals surface area contributed by atoms with Gasteiger partial charge >= 0.3 is 5.97 Å². The second-order valence-electron chi connectivity index (χ2n) is 8.62. The molecule has 0 aromatic heterocycles. The molecule has 0 spiro atoms. The zero-order valence-electron chi connectivity index (χ0n) is 19.4. The van der Waals surface area contributed by atoms with Crippen LogP contribution in [0.15, 0.2) is 24.3 Å². The van der Waals surface area contributed by atoms with Crippen LogP contribution in [0.3, 0.4) is 0 Å². The molecule has 0 fully saturated rings. The molecule has 0 N–H and O–H groups in total. The van der Waals surface area contributed by atoms with E-state index in [0.717, 1.165) is 25.7 Å². The number of hydrogen-bond donors (Lipinski definition) is 0. The van der Waals surface area contributed by atoms with Crippen molar-refractivity contribution in [2.75, 3.05) is 0 Å². The van der Waals surface area contributed by atoms with Crippen LogP contribution >= 0.6 is 0 Å². The highest BCUT2D eigenvalue weighted by Crippen LogP contribution is 2.16. The zero-order valence-corrected chi connectivity index (χ0v) is 19.4. The minimum absolute atomic E-state index is 0.0637. The number of allylic oxidation sites excluding steroid dienone is 3. The first-order valence-corrected chi connectivity index (χ1v) is 12.0. The lowest BCUT2D eigenvalue weighted by molar-refractivity contribution is -0.152. The van der Waals surface area contributed by atoms with Gasteiger partial charge in [-0.3, -0.25) is 4.79 Å². The maximum atomic E-state index is 12.0. The standard InChI is InChI=1S/C26H48O2/c1-5-7-9-11-12-13-14-15-16-17-18-19-21-23-25(27)28-26(3,4)24-22-20-10-8-6-2/h6,8,22,24H,5,7,9-21,23H2,1-4H3. The smallest absolute Gasteiger partial charge is 0.306 e. The third-order valence-corrected chi connectivity index (χ3v) is 5.12. The van der Waals surface area contributed by atoms with Crippen LogP contribution in [-0.4, -0.2) is 11.6 Å². The highest BCUT2D eigenvalue weighted by molar-refractivity contribution is 5.70. The molecule has 0 aromatic rings. The van der Waals surface area contributed by atoms with Crippen molar-refractivity contribution in [2.24, 2.45) is 0 Å². The molecule has 0 bridgehead atoms. The van der Waals surface area contributed by atoms with E-state index in [1.165, 1.54) is 70.6 Å². The second kappa shape index (κ2) is 19.3. The van der Waals surface area contributed by atoms with Gasteiger partial charge in [-0.1, -0.05) is 102 Å². The Labute approximate surface area is 176 Å². The van der Waals surface area contributed by atoms with E-state index in [2.05, 4.69) is 25.2 Å². The molecule has 0 aliphatic carbocycles. The summed E-state index contributed by atoms with van der Waals surface area (Å²) < 4.78 is 5.61. The predicted molar refractivity (Wildman–Crippen MR) is 124 cm³/mol. The summed E-state index contributed by atoms with van der Waals surface area (Å²) in [5.41, 5.74) is -0.496. The fourth-order valence-corrected chi connectivity index (χ4v) is 3.39. The van der Waals surface area contributed by atoms with Crippen molar-refractivity contribution in [1.29, 1.82) is 0 Å². The van der Waals surface area contributed by atoms with Crippen LogP contribution in [-0.2, 0) is 9.53 Å². The molecule has 2 heteroatoms. The van der Waals surface area contributed by atoms with Gasteiger partial charge in [-0.2, -0.15) is 0 Å². The number of rotatable bonds is 19. The molecule has 0 aromatic carbocycles. The van der Waals surface area contributed by atoms with Crippen LogP contribution in [0, 0.1) is 0 Å². The van der Waals surface area contributed by atoms with Crippen molar-refractivity contribution >= 4 is 5.97 Å². The predicted octanol–water partition coefficient (Wildman–Crippen LogP) is 8.70. The van der Waals surface area contributed by atoms with Crippen LogP contribution < -0.4 is 0 Å². The maximum Gasteiger partial charge on any atom is 0.306 e. The SMILES string of the molecule is CC=CCCC=CC(C)(C)OC(=O)CCCCCCCCCCCCCCC. The fraction of sp³-hybridized carbons (Fsp3) is 0.808. The molecule has 0 saturated heterocycles. The minimum atomic E-state index is -0.496. The number of carbonyl (C=O) groups excluding carboxylic acids is 1. The Morgan fingerprint density at radius 3 is 1.71 bits per heavy atom. The van der Waals surface area contributed by atoms with Crippen molar-refractivity contribution < 1.29 is 9.53 Å². The van der Waals surface area contributed by atoms with E-state index in [-0.39, 0.29) is 5.97 Å². The third kappa shape index (κ3) is 19.7. The molecule has 0 aliphatic rings. The summed E-state index contributed by atoms with van der Waals surface area (Å²) in [6.07, 6.45) is 28.1. The van der Waals surface area contributed by atoms with Gasteiger partial charge in [-0.05, 0) is 46.1 Å². The Morgan fingerprint density at radius 2 is 1.21 bits per heavy atom. The number of hydrogen-bond acceptors (Lipinski definition) is 2. The van der Waals surface area contributed by atoms with Gasteiger partial charge in [0, 0.05) is 6.42 Å². The topological polar surface area (TPSA) is 26.3 Å². The normalized spacial score (nSPS) is 12.3. The van der Waals surface area contributed by atoms with Crippen molar-refractivity contribution in [3.05, 3.63) is 24.3 Å². The number of unbranched alkanes of at least 4 members (excludes halogenated alkanes) is 13. The third-order valence-electron chi connectivity index (χ3n) is 5.12. The Morgan fingerprint density at radius 1 is 0.750 bits per heavy atom. The number of ether oxygens (including phenoxy) is 1. The van der Waals surface area contributed by atoms with Gasteiger partial charge in [-0.15, -0.1) is 0 Å². The van der Waals surface area contributed by atoms with Crippen molar-refractivity contribution in [2.45, 2.75) is 136 Å². The van der Waals surface area contributed by atoms with Crippen LogP contribution in [0.1, 0.15) is 130 Å². The molecular weight excluding hydrogens is 344 g/mol. The fourth-order valence-electron chi connectivity index (χ4n) is 3.39. The van der Waals surface area contributed by atoms with E-state index in [0.29, 0.717) is 6.42 Å². The summed E-state index contributed by atoms with van der Waals surface area (Å²) in [6, 6.07) is 0. The molecule has 0 atom stereocenters. The summed E-state index contributed by atoms with van der Waals surface area (Å²) in [7, 11) is 0. The first-order chi connectivity index (χ1) is 13.5. The molecule has 0 saturated carbocycles. The van der Waals surface area contributed by atoms with Gasteiger partial charge in [0.2, 0.25) is 0 Å². The minimum Gasteiger partial charge on any atom is -0.455 e. The quantitative estimate of drug-likeness (QED) is 0.125. The second-order valence-corrected chi connectivity index (χ2v) is 8.62. The molecule has 0 radical (unpaired) electrons. The molecular formula is C26H48O2. The van der Waals surface area contributed by atoms with Gasteiger partial charge in [-0.25, -0.2) is 0 Å². The van der Waals surface area contributed by atoms with Crippen molar-refractivity contribution in [3.63, 3.8) is 0 Å². The maximum absolute atomic E-state index is 12.0. The monoisotopic (exact) mass is 392 g/mol. The Balaban J connectivity index is 3.51. The highest BCUT2D eigenvalue weighted by atomic mass is 16.6. The molecule has 2 nitrogen and oxygen atoms in total. The first kappa shape index (κ1) is 27.0. The Bertz CT molecular complexity index is 407. The Hall–Kier alpha value is -1.05. The first-order valence-electron chi connectivity index (χ1n) is 12.0. The van der Waals surface area contributed by atoms with Crippen LogP contribution in [0.4, 0.5) is 0 Å². The van der Waals surface area contributed by atoms with E-state index in [1.54, 1.807) is 0 Å². The molecule has 28 heavy (non-hydrogen) atoms. The molecule has 0 heterocycles. The molecule has 0 unspecified atom stereocenters. The van der Waals surface area contributed by atoms with Gasteiger partial charge in [0.05, 0.1) is 0 Å². The summed E-state index contributed by atoms with van der Waals surface area (Å²) in [4.78, 5) is 12.0. The van der Waals surface area contributed by atoms with E-state index < -0.39 is 5.60 Å². The zero-order chi connectivity index (χ0) is 20.9.